The molecule has 0 saturated carbocycles. The lowest BCUT2D eigenvalue weighted by molar-refractivity contribution is 0.00305. The number of ether oxygens (including phenoxy) is 1. The third-order valence-corrected chi connectivity index (χ3v) is 7.31. The lowest BCUT2D eigenvalue weighted by Crippen LogP contribution is -2.68. The zero-order valence-electron chi connectivity index (χ0n) is 19.7. The highest BCUT2D eigenvalue weighted by Crippen LogP contribution is 2.49. The Bertz CT molecular complexity index is 1450. The van der Waals surface area contributed by atoms with E-state index in [1.165, 1.54) is 0 Å². The molecule has 1 atom stereocenters. The van der Waals surface area contributed by atoms with Gasteiger partial charge in [0.15, 0.2) is 0 Å². The number of aliphatic hydroxyl groups excluding tert-OH is 1. The van der Waals surface area contributed by atoms with Gasteiger partial charge in [-0.05, 0) is 42.0 Å². The van der Waals surface area contributed by atoms with Gasteiger partial charge in [-0.3, -0.25) is 19.6 Å². The number of amides is 2. The van der Waals surface area contributed by atoms with E-state index in [1.54, 1.807) is 66.0 Å². The van der Waals surface area contributed by atoms with E-state index in [-0.39, 0.29) is 18.4 Å². The summed E-state index contributed by atoms with van der Waals surface area (Å²) in [5.74, 6) is 0.461. The number of hydrogen-bond donors (Lipinski definition) is 2. The second-order valence-electron chi connectivity index (χ2n) is 9.37. The SMILES string of the molecule is COc1ccc2c3c([nH]c2c1)[C@H](CO)N(C(=O)c1ccncc1)CC31CN(C(=O)c2ccncc2)C1. The van der Waals surface area contributed by atoms with Gasteiger partial charge in [0.1, 0.15) is 5.75 Å². The molecule has 6 rings (SSSR count). The summed E-state index contributed by atoms with van der Waals surface area (Å²) in [4.78, 5) is 41.8. The summed E-state index contributed by atoms with van der Waals surface area (Å²) in [7, 11) is 1.62. The monoisotopic (exact) mass is 483 g/mol. The molecule has 4 aromatic rings. The van der Waals surface area contributed by atoms with Gasteiger partial charge in [0.25, 0.3) is 11.8 Å². The molecule has 0 radical (unpaired) electrons. The smallest absolute Gasteiger partial charge is 0.254 e. The number of hydrogen-bond acceptors (Lipinski definition) is 6. The van der Waals surface area contributed by atoms with E-state index in [0.717, 1.165) is 22.2 Å². The van der Waals surface area contributed by atoms with Crippen molar-refractivity contribution in [3.8, 4) is 5.75 Å². The number of rotatable bonds is 4. The molecule has 1 fully saturated rings. The van der Waals surface area contributed by atoms with Crippen LogP contribution in [0.4, 0.5) is 0 Å². The molecule has 2 aliphatic rings. The van der Waals surface area contributed by atoms with Crippen molar-refractivity contribution < 1.29 is 19.4 Å². The van der Waals surface area contributed by atoms with Crippen molar-refractivity contribution >= 4 is 22.7 Å². The first-order chi connectivity index (χ1) is 17.5. The molecule has 3 aromatic heterocycles. The normalized spacial score (nSPS) is 18.1. The number of fused-ring (bicyclic) bond motifs is 4. The zero-order valence-corrected chi connectivity index (χ0v) is 19.7. The molecule has 9 nitrogen and oxygen atoms in total. The fourth-order valence-electron chi connectivity index (χ4n) is 5.64. The van der Waals surface area contributed by atoms with Crippen LogP contribution in [0.25, 0.3) is 10.9 Å². The van der Waals surface area contributed by atoms with E-state index in [2.05, 4.69) is 15.0 Å². The Hall–Kier alpha value is -4.24. The number of benzene rings is 1. The van der Waals surface area contributed by atoms with Gasteiger partial charge >= 0.3 is 0 Å². The van der Waals surface area contributed by atoms with E-state index < -0.39 is 11.5 Å². The van der Waals surface area contributed by atoms with Crippen molar-refractivity contribution in [1.82, 2.24) is 24.8 Å². The maximum absolute atomic E-state index is 13.6. The molecule has 2 N–H and O–H groups in total. The first-order valence-electron chi connectivity index (χ1n) is 11.8. The molecule has 0 bridgehead atoms. The van der Waals surface area contributed by atoms with Crippen LogP contribution >= 0.6 is 0 Å². The summed E-state index contributed by atoms with van der Waals surface area (Å²) in [6, 6.07) is 12.1. The van der Waals surface area contributed by atoms with Crippen LogP contribution in [-0.4, -0.2) is 75.0 Å². The largest absolute Gasteiger partial charge is 0.497 e. The number of aromatic amines is 1. The molecule has 2 amide bonds. The predicted octanol–water partition coefficient (Wildman–Crippen LogP) is 2.55. The van der Waals surface area contributed by atoms with Crippen LogP contribution in [0.1, 0.15) is 38.0 Å². The Morgan fingerprint density at radius 3 is 2.25 bits per heavy atom. The van der Waals surface area contributed by atoms with Gasteiger partial charge in [0.05, 0.1) is 25.2 Å². The summed E-state index contributed by atoms with van der Waals surface area (Å²) < 4.78 is 5.42. The molecular weight excluding hydrogens is 458 g/mol. The number of pyridine rings is 2. The lowest BCUT2D eigenvalue weighted by Gasteiger charge is -2.56. The van der Waals surface area contributed by atoms with Crippen molar-refractivity contribution in [2.75, 3.05) is 33.4 Å². The Morgan fingerprint density at radius 1 is 1.00 bits per heavy atom. The number of aliphatic hydroxyl groups is 1. The van der Waals surface area contributed by atoms with Crippen molar-refractivity contribution in [3.05, 3.63) is 89.6 Å². The van der Waals surface area contributed by atoms with Gasteiger partial charge in [0, 0.05) is 78.2 Å². The molecule has 36 heavy (non-hydrogen) atoms. The summed E-state index contributed by atoms with van der Waals surface area (Å²) >= 11 is 0. The highest BCUT2D eigenvalue weighted by molar-refractivity contribution is 5.97. The number of aromatic nitrogens is 3. The maximum Gasteiger partial charge on any atom is 0.254 e. The number of likely N-dealkylation sites (tertiary alicyclic amines) is 1. The van der Waals surface area contributed by atoms with Crippen molar-refractivity contribution in [3.63, 3.8) is 0 Å². The number of nitrogens with one attached hydrogen (secondary N) is 1. The van der Waals surface area contributed by atoms with Crippen LogP contribution in [0.15, 0.2) is 67.3 Å². The van der Waals surface area contributed by atoms with Gasteiger partial charge in [-0.15, -0.1) is 0 Å². The fourth-order valence-corrected chi connectivity index (χ4v) is 5.64. The number of carbonyl (C=O) groups excluding carboxylic acids is 2. The van der Waals surface area contributed by atoms with E-state index in [9.17, 15) is 14.7 Å². The third kappa shape index (κ3) is 3.35. The summed E-state index contributed by atoms with van der Waals surface area (Å²) in [6.07, 6.45) is 6.38. The van der Waals surface area contributed by atoms with Gasteiger partial charge in [0.2, 0.25) is 0 Å². The number of H-pyrrole nitrogens is 1. The van der Waals surface area contributed by atoms with E-state index >= 15 is 0 Å². The van der Waals surface area contributed by atoms with Gasteiger partial charge in [-0.25, -0.2) is 0 Å². The zero-order chi connectivity index (χ0) is 24.9. The first kappa shape index (κ1) is 22.2. The van der Waals surface area contributed by atoms with E-state index in [1.807, 2.05) is 18.2 Å². The molecule has 9 heteroatoms. The van der Waals surface area contributed by atoms with E-state index in [0.29, 0.717) is 36.5 Å². The summed E-state index contributed by atoms with van der Waals surface area (Å²) in [5.41, 5.74) is 3.33. The number of nitrogens with zero attached hydrogens (tertiary/aromatic N) is 4. The molecular formula is C27H25N5O4. The number of carbonyl (C=O) groups is 2. The first-order valence-corrected chi connectivity index (χ1v) is 11.8. The Morgan fingerprint density at radius 2 is 1.64 bits per heavy atom. The second-order valence-corrected chi connectivity index (χ2v) is 9.37. The minimum atomic E-state index is -0.547. The van der Waals surface area contributed by atoms with Crippen LogP contribution < -0.4 is 4.74 Å². The fraction of sp³-hybridized carbons (Fsp3) is 0.259. The summed E-state index contributed by atoms with van der Waals surface area (Å²) in [6.45, 7) is 1.06. The number of methoxy groups -OCH3 is 1. The lowest BCUT2D eigenvalue weighted by atomic mass is 9.68. The second kappa shape index (κ2) is 8.46. The van der Waals surface area contributed by atoms with Crippen molar-refractivity contribution in [2.45, 2.75) is 11.5 Å². The van der Waals surface area contributed by atoms with Crippen molar-refractivity contribution in [1.29, 1.82) is 0 Å². The summed E-state index contributed by atoms with van der Waals surface area (Å²) in [5, 5.41) is 11.5. The van der Waals surface area contributed by atoms with Crippen LogP contribution in [0.5, 0.6) is 5.75 Å². The van der Waals surface area contributed by atoms with Crippen LogP contribution in [-0.2, 0) is 5.41 Å². The molecule has 182 valence electrons. The topological polar surface area (TPSA) is 112 Å². The van der Waals surface area contributed by atoms with Crippen LogP contribution in [0, 0.1) is 0 Å². The quantitative estimate of drug-likeness (QED) is 0.462. The molecule has 1 aromatic carbocycles. The maximum atomic E-state index is 13.6. The predicted molar refractivity (Wildman–Crippen MR) is 132 cm³/mol. The highest BCUT2D eigenvalue weighted by Gasteiger charge is 2.55. The molecule has 0 aliphatic carbocycles. The third-order valence-electron chi connectivity index (χ3n) is 7.31. The average Bonchev–Trinajstić information content (AvgIpc) is 3.30. The molecule has 5 heterocycles. The van der Waals surface area contributed by atoms with Gasteiger partial charge in [-0.1, -0.05) is 0 Å². The minimum Gasteiger partial charge on any atom is -0.497 e. The van der Waals surface area contributed by atoms with Gasteiger partial charge in [-0.2, -0.15) is 0 Å². The Kier molecular flexibility index (Phi) is 5.22. The van der Waals surface area contributed by atoms with Crippen LogP contribution in [0.3, 0.4) is 0 Å². The average molecular weight is 484 g/mol. The minimum absolute atomic E-state index is 0.0672. The standard InChI is InChI=1S/C27H25N5O4/c1-36-19-2-3-20-21(12-19)30-24-22(13-33)32(26(35)18-6-10-29-11-7-18)16-27(23(20)24)14-31(15-27)25(34)17-4-8-28-9-5-17/h2-12,22,30,33H,13-16H2,1H3/t22-/m0/s1. The Balaban J connectivity index is 1.44. The molecule has 2 aliphatic heterocycles. The Labute approximate surface area is 207 Å². The molecule has 1 saturated heterocycles. The molecule has 1 spiro atoms. The molecule has 0 unspecified atom stereocenters. The highest BCUT2D eigenvalue weighted by atomic mass is 16.5. The van der Waals surface area contributed by atoms with Crippen molar-refractivity contribution in [2.24, 2.45) is 0 Å². The van der Waals surface area contributed by atoms with E-state index in [4.69, 9.17) is 4.74 Å². The van der Waals surface area contributed by atoms with Gasteiger partial charge < -0.3 is 24.6 Å². The van der Waals surface area contributed by atoms with Crippen LogP contribution in [0.2, 0.25) is 0 Å².